The van der Waals surface area contributed by atoms with Crippen LogP contribution in [0.25, 0.3) is 0 Å². The number of carbonyl (C=O) groups excluding carboxylic acids is 1. The lowest BCUT2D eigenvalue weighted by Gasteiger charge is -2.38. The highest BCUT2D eigenvalue weighted by molar-refractivity contribution is 5.72. The summed E-state index contributed by atoms with van der Waals surface area (Å²) in [5, 5.41) is 0. The van der Waals surface area contributed by atoms with Gasteiger partial charge in [-0.2, -0.15) is 0 Å². The molecule has 0 heterocycles. The van der Waals surface area contributed by atoms with E-state index < -0.39 is 0 Å². The lowest BCUT2D eigenvalue weighted by atomic mass is 9.68. The standard InChI is InChI=1S/C31H56O2/c1-3-5-7-8-10-12-26-15-23-30(24-16-26)33-31(32)29-21-19-28(20-22-29)27-17-13-25(14-18-27)11-9-6-4-2/h25-30H,3-24H2,1-2H3. The van der Waals surface area contributed by atoms with Gasteiger partial charge in [0, 0.05) is 0 Å². The maximum absolute atomic E-state index is 12.8. The highest BCUT2D eigenvalue weighted by Crippen LogP contribution is 2.43. The van der Waals surface area contributed by atoms with Crippen LogP contribution in [0.1, 0.15) is 155 Å². The number of esters is 1. The Morgan fingerprint density at radius 3 is 1.61 bits per heavy atom. The molecule has 0 aromatic rings. The normalized spacial score (nSPS) is 33.0. The summed E-state index contributed by atoms with van der Waals surface area (Å²) < 4.78 is 6.04. The lowest BCUT2D eigenvalue weighted by Crippen LogP contribution is -2.32. The van der Waals surface area contributed by atoms with E-state index in [-0.39, 0.29) is 18.0 Å². The first-order valence-corrected chi connectivity index (χ1v) is 15.4. The van der Waals surface area contributed by atoms with Gasteiger partial charge in [-0.3, -0.25) is 4.79 Å². The van der Waals surface area contributed by atoms with Crippen molar-refractivity contribution in [1.82, 2.24) is 0 Å². The summed E-state index contributed by atoms with van der Waals surface area (Å²) in [5.41, 5.74) is 0. The zero-order chi connectivity index (χ0) is 23.3. The van der Waals surface area contributed by atoms with E-state index in [1.165, 1.54) is 116 Å². The quantitative estimate of drug-likeness (QED) is 0.202. The molecular weight excluding hydrogens is 404 g/mol. The maximum Gasteiger partial charge on any atom is 0.309 e. The van der Waals surface area contributed by atoms with E-state index in [2.05, 4.69) is 13.8 Å². The third kappa shape index (κ3) is 9.56. The topological polar surface area (TPSA) is 26.3 Å². The van der Waals surface area contributed by atoms with Gasteiger partial charge in [0.1, 0.15) is 6.10 Å². The first-order valence-electron chi connectivity index (χ1n) is 15.4. The minimum absolute atomic E-state index is 0.149. The van der Waals surface area contributed by atoms with E-state index in [0.717, 1.165) is 49.4 Å². The third-order valence-electron chi connectivity index (χ3n) is 9.67. The zero-order valence-electron chi connectivity index (χ0n) is 22.3. The predicted octanol–water partition coefficient (Wildman–Crippen LogP) is 9.64. The molecule has 0 aromatic heterocycles. The number of hydrogen-bond acceptors (Lipinski definition) is 2. The number of unbranched alkanes of at least 4 members (excludes halogenated alkanes) is 6. The molecule has 0 radical (unpaired) electrons. The van der Waals surface area contributed by atoms with Crippen LogP contribution in [0.4, 0.5) is 0 Å². The van der Waals surface area contributed by atoms with Gasteiger partial charge in [0.2, 0.25) is 0 Å². The summed E-state index contributed by atoms with van der Waals surface area (Å²) in [5.74, 6) is 4.08. The second-order valence-corrected chi connectivity index (χ2v) is 12.2. The Balaban J connectivity index is 1.25. The zero-order valence-corrected chi connectivity index (χ0v) is 22.3. The summed E-state index contributed by atoms with van der Waals surface area (Å²) in [7, 11) is 0. The minimum atomic E-state index is 0.149. The van der Waals surface area contributed by atoms with Gasteiger partial charge in [-0.1, -0.05) is 90.9 Å². The molecule has 3 aliphatic carbocycles. The average molecular weight is 461 g/mol. The Morgan fingerprint density at radius 1 is 0.576 bits per heavy atom. The van der Waals surface area contributed by atoms with Crippen LogP contribution >= 0.6 is 0 Å². The van der Waals surface area contributed by atoms with Gasteiger partial charge in [0.15, 0.2) is 0 Å². The van der Waals surface area contributed by atoms with Crippen LogP contribution in [-0.2, 0) is 9.53 Å². The van der Waals surface area contributed by atoms with Gasteiger partial charge in [0.05, 0.1) is 5.92 Å². The summed E-state index contributed by atoms with van der Waals surface area (Å²) in [6.45, 7) is 4.60. The van der Waals surface area contributed by atoms with Crippen molar-refractivity contribution in [2.75, 3.05) is 0 Å². The SMILES string of the molecule is CCCCCCCC1CCC(OC(=O)C2CCC(C3CCC(CCCCC)CC3)CC2)CC1. The molecular formula is C31H56O2. The maximum atomic E-state index is 12.8. The van der Waals surface area contributed by atoms with Crippen LogP contribution < -0.4 is 0 Å². The molecule has 0 spiro atoms. The Morgan fingerprint density at radius 2 is 1.03 bits per heavy atom. The van der Waals surface area contributed by atoms with Crippen molar-refractivity contribution in [2.45, 2.75) is 161 Å². The van der Waals surface area contributed by atoms with Crippen molar-refractivity contribution >= 4 is 5.97 Å². The smallest absolute Gasteiger partial charge is 0.309 e. The van der Waals surface area contributed by atoms with E-state index in [0.29, 0.717) is 0 Å². The van der Waals surface area contributed by atoms with E-state index in [1.807, 2.05) is 0 Å². The molecule has 192 valence electrons. The number of carbonyl (C=O) groups is 1. The van der Waals surface area contributed by atoms with Crippen LogP contribution in [0.15, 0.2) is 0 Å². The highest BCUT2D eigenvalue weighted by atomic mass is 16.5. The molecule has 3 aliphatic rings. The first kappa shape index (κ1) is 27.1. The first-order chi connectivity index (χ1) is 16.2. The van der Waals surface area contributed by atoms with Gasteiger partial charge in [-0.25, -0.2) is 0 Å². The highest BCUT2D eigenvalue weighted by Gasteiger charge is 2.34. The van der Waals surface area contributed by atoms with Crippen LogP contribution in [-0.4, -0.2) is 12.1 Å². The molecule has 3 fully saturated rings. The second kappa shape index (κ2) is 15.5. The van der Waals surface area contributed by atoms with Gasteiger partial charge in [-0.05, 0) is 87.9 Å². The summed E-state index contributed by atoms with van der Waals surface area (Å²) in [6.07, 6.45) is 29.6. The van der Waals surface area contributed by atoms with Crippen molar-refractivity contribution in [1.29, 1.82) is 0 Å². The average Bonchev–Trinajstić information content (AvgIpc) is 2.85. The minimum Gasteiger partial charge on any atom is -0.462 e. The van der Waals surface area contributed by atoms with Gasteiger partial charge >= 0.3 is 5.97 Å². The van der Waals surface area contributed by atoms with E-state index in [1.54, 1.807) is 0 Å². The Kier molecular flexibility index (Phi) is 12.7. The predicted molar refractivity (Wildman–Crippen MR) is 140 cm³/mol. The molecule has 33 heavy (non-hydrogen) atoms. The van der Waals surface area contributed by atoms with E-state index in [9.17, 15) is 4.79 Å². The Hall–Kier alpha value is -0.530. The monoisotopic (exact) mass is 460 g/mol. The van der Waals surface area contributed by atoms with Crippen molar-refractivity contribution < 1.29 is 9.53 Å². The molecule has 0 saturated heterocycles. The fourth-order valence-corrected chi connectivity index (χ4v) is 7.29. The number of hydrogen-bond donors (Lipinski definition) is 0. The Labute approximate surface area is 206 Å². The summed E-state index contributed by atoms with van der Waals surface area (Å²) >= 11 is 0. The molecule has 0 bridgehead atoms. The number of ether oxygens (including phenoxy) is 1. The summed E-state index contributed by atoms with van der Waals surface area (Å²) in [4.78, 5) is 12.8. The van der Waals surface area contributed by atoms with Gasteiger partial charge in [-0.15, -0.1) is 0 Å². The van der Waals surface area contributed by atoms with Crippen LogP contribution in [0, 0.1) is 29.6 Å². The van der Waals surface area contributed by atoms with E-state index in [4.69, 9.17) is 4.74 Å². The molecule has 3 saturated carbocycles. The second-order valence-electron chi connectivity index (χ2n) is 12.2. The molecule has 0 atom stereocenters. The number of rotatable bonds is 13. The Bertz CT molecular complexity index is 505. The molecule has 2 heteroatoms. The van der Waals surface area contributed by atoms with Crippen LogP contribution in [0.3, 0.4) is 0 Å². The van der Waals surface area contributed by atoms with Gasteiger partial charge in [0.25, 0.3) is 0 Å². The molecule has 0 unspecified atom stereocenters. The fraction of sp³-hybridized carbons (Fsp3) is 0.968. The molecule has 3 rings (SSSR count). The van der Waals surface area contributed by atoms with Crippen molar-refractivity contribution in [2.24, 2.45) is 29.6 Å². The van der Waals surface area contributed by atoms with Crippen molar-refractivity contribution in [3.8, 4) is 0 Å². The van der Waals surface area contributed by atoms with Crippen molar-refractivity contribution in [3.63, 3.8) is 0 Å². The molecule has 0 N–H and O–H groups in total. The third-order valence-corrected chi connectivity index (χ3v) is 9.67. The lowest BCUT2D eigenvalue weighted by molar-refractivity contribution is -0.157. The summed E-state index contributed by atoms with van der Waals surface area (Å²) in [6, 6.07) is 0. The molecule has 0 amide bonds. The van der Waals surface area contributed by atoms with Crippen LogP contribution in [0.2, 0.25) is 0 Å². The van der Waals surface area contributed by atoms with Crippen molar-refractivity contribution in [3.05, 3.63) is 0 Å². The largest absolute Gasteiger partial charge is 0.462 e. The van der Waals surface area contributed by atoms with Crippen LogP contribution in [0.5, 0.6) is 0 Å². The van der Waals surface area contributed by atoms with E-state index >= 15 is 0 Å². The molecule has 2 nitrogen and oxygen atoms in total. The molecule has 0 aromatic carbocycles. The fourth-order valence-electron chi connectivity index (χ4n) is 7.29. The van der Waals surface area contributed by atoms with Gasteiger partial charge < -0.3 is 4.74 Å². The molecule has 0 aliphatic heterocycles.